The van der Waals surface area contributed by atoms with Crippen LogP contribution in [0.15, 0.2) is 158 Å². The number of cyclic esters (lactones) is 1. The SMILES string of the molecule is COCCOC(=O)N1C(=O)[C@@]2(c3cc(C#CCN(C)Cc4ccccc4)ccc31)[C@H](C(=O)NCc1nc3ccccc3[nH]1)[C@H]1C(=O)O[C@H](c3ccccc3)[C@H](c3ccccc3)N1[C@@H]2c1ccc(O)cc1. The highest BCUT2D eigenvalue weighted by Crippen LogP contribution is 2.66. The number of H-pyrrole nitrogens is 1. The zero-order valence-electron chi connectivity index (χ0n) is 38.5. The van der Waals surface area contributed by atoms with E-state index in [0.29, 0.717) is 41.1 Å². The molecule has 3 aliphatic heterocycles. The number of carbonyl (C=O) groups excluding carboxylic acids is 4. The molecule has 3 amide bonds. The summed E-state index contributed by atoms with van der Waals surface area (Å²) in [4.78, 5) is 75.0. The second kappa shape index (κ2) is 19.5. The maximum absolute atomic E-state index is 16.4. The minimum Gasteiger partial charge on any atom is -0.508 e. The highest BCUT2D eigenvalue weighted by Gasteiger charge is 2.75. The number of fused-ring (bicyclic) bond motifs is 4. The van der Waals surface area contributed by atoms with Crippen LogP contribution in [0.4, 0.5) is 10.5 Å². The fourth-order valence-corrected chi connectivity index (χ4v) is 10.5. The minimum absolute atomic E-state index is 0.0383. The van der Waals surface area contributed by atoms with Gasteiger partial charge in [0, 0.05) is 19.2 Å². The maximum Gasteiger partial charge on any atom is 0.421 e. The molecule has 0 saturated carbocycles. The quantitative estimate of drug-likeness (QED) is 0.0631. The van der Waals surface area contributed by atoms with Crippen molar-refractivity contribution in [2.24, 2.45) is 5.92 Å². The number of carbonyl (C=O) groups is 4. The van der Waals surface area contributed by atoms with Crippen LogP contribution >= 0.6 is 0 Å². The number of nitrogens with one attached hydrogen (secondary N) is 2. The molecular weight excluding hydrogens is 885 g/mol. The summed E-state index contributed by atoms with van der Waals surface area (Å²) in [6, 6.07) is 44.5. The van der Waals surface area contributed by atoms with Gasteiger partial charge in [0.25, 0.3) is 0 Å². The summed E-state index contributed by atoms with van der Waals surface area (Å²) in [5.41, 5.74) is 3.44. The summed E-state index contributed by atoms with van der Waals surface area (Å²) in [6.07, 6.45) is -1.90. The van der Waals surface area contributed by atoms with Crippen LogP contribution in [0, 0.1) is 17.8 Å². The van der Waals surface area contributed by atoms with Crippen molar-refractivity contribution in [1.29, 1.82) is 0 Å². The molecule has 4 heterocycles. The Hall–Kier alpha value is -8.09. The van der Waals surface area contributed by atoms with Gasteiger partial charge in [-0.3, -0.25) is 24.2 Å². The van der Waals surface area contributed by atoms with E-state index in [1.54, 1.807) is 30.3 Å². The number of aromatic hydroxyl groups is 1. The van der Waals surface area contributed by atoms with Crippen LogP contribution in [0.3, 0.4) is 0 Å². The van der Waals surface area contributed by atoms with Gasteiger partial charge in [0.2, 0.25) is 11.8 Å². The number of phenols is 1. The summed E-state index contributed by atoms with van der Waals surface area (Å²) in [5, 5.41) is 13.8. The molecule has 14 nitrogen and oxygen atoms in total. The first-order chi connectivity index (χ1) is 34.2. The monoisotopic (exact) mass is 934 g/mol. The number of morpholine rings is 1. The largest absolute Gasteiger partial charge is 0.508 e. The number of para-hydroxylation sites is 2. The smallest absolute Gasteiger partial charge is 0.421 e. The number of amides is 3. The number of aromatic nitrogens is 2. The third-order valence-corrected chi connectivity index (χ3v) is 13.4. The molecule has 1 aromatic heterocycles. The second-order valence-corrected chi connectivity index (χ2v) is 17.7. The Bertz CT molecular complexity index is 3090. The van der Waals surface area contributed by atoms with E-state index in [1.165, 1.54) is 19.2 Å². The lowest BCUT2D eigenvalue weighted by Crippen LogP contribution is -2.55. The second-order valence-electron chi connectivity index (χ2n) is 17.7. The molecular formula is C56H50N6O8. The van der Waals surface area contributed by atoms with Gasteiger partial charge in [-0.2, -0.15) is 0 Å². The number of imidazole rings is 1. The molecule has 1 spiro atoms. The molecule has 0 aliphatic carbocycles. The Kier molecular flexibility index (Phi) is 12.7. The number of benzene rings is 6. The van der Waals surface area contributed by atoms with E-state index < -0.39 is 59.4 Å². The lowest BCUT2D eigenvalue weighted by Gasteiger charge is -2.46. The average molecular weight is 935 g/mol. The van der Waals surface area contributed by atoms with Gasteiger partial charge in [-0.1, -0.05) is 127 Å². The van der Waals surface area contributed by atoms with Gasteiger partial charge in [0.15, 0.2) is 0 Å². The number of hydrogen-bond donors (Lipinski definition) is 3. The number of anilines is 1. The molecule has 0 radical (unpaired) electrons. The van der Waals surface area contributed by atoms with E-state index in [2.05, 4.69) is 39.2 Å². The van der Waals surface area contributed by atoms with Crippen LogP contribution < -0.4 is 10.2 Å². The number of nitrogens with zero attached hydrogens (tertiary/aromatic N) is 4. The number of phenolic OH excluding ortho intramolecular Hbond substituents is 1. The van der Waals surface area contributed by atoms with Crippen LogP contribution in [0.1, 0.15) is 57.4 Å². The predicted molar refractivity (Wildman–Crippen MR) is 261 cm³/mol. The van der Waals surface area contributed by atoms with Gasteiger partial charge in [-0.25, -0.2) is 14.7 Å². The Balaban J connectivity index is 1.19. The fraction of sp³-hybridized carbons (Fsp3) is 0.232. The predicted octanol–water partition coefficient (Wildman–Crippen LogP) is 7.52. The molecule has 0 unspecified atom stereocenters. The van der Waals surface area contributed by atoms with Gasteiger partial charge in [0.1, 0.15) is 35.7 Å². The summed E-state index contributed by atoms with van der Waals surface area (Å²) < 4.78 is 17.5. The Morgan fingerprint density at radius 3 is 2.23 bits per heavy atom. The van der Waals surface area contributed by atoms with E-state index in [1.807, 2.05) is 115 Å². The molecule has 7 aromatic rings. The number of methoxy groups -OCH3 is 1. The summed E-state index contributed by atoms with van der Waals surface area (Å²) in [5.74, 6) is 3.25. The maximum atomic E-state index is 16.4. The van der Waals surface area contributed by atoms with Crippen LogP contribution in [0.2, 0.25) is 0 Å². The standard InChI is InChI=1S/C56H50N6O8/c1-60(35-37-15-6-3-7-16-37)30-14-17-36-24-29-45-42(33-36)56(54(66)61(45)55(67)69-32-31-68-2)47(52(64)57-34-46-58-43-22-12-13-23-44(43)59-46)49-53(65)70-50(39-20-10-5-11-21-39)48(38-18-8-4-9-19-38)62(49)51(56)40-25-27-41(63)28-26-40/h3-13,15-16,18-29,33,47-51,63H,30-32,34-35H2,1-2H3,(H,57,64)(H,58,59)/t47-,48-,49-,50+,51+,56-/m0/s1. The van der Waals surface area contributed by atoms with Crippen LogP contribution in [-0.4, -0.2) is 88.7 Å². The number of imide groups is 1. The topological polar surface area (TPSA) is 167 Å². The van der Waals surface area contributed by atoms with Gasteiger partial charge in [-0.05, 0) is 77.3 Å². The van der Waals surface area contributed by atoms with Crippen molar-refractivity contribution in [3.05, 3.63) is 197 Å². The minimum atomic E-state index is -2.05. The van der Waals surface area contributed by atoms with Crippen molar-refractivity contribution in [3.8, 4) is 17.6 Å². The van der Waals surface area contributed by atoms with Crippen molar-refractivity contribution in [2.75, 3.05) is 38.8 Å². The Labute approximate surface area is 404 Å². The number of esters is 1. The van der Waals surface area contributed by atoms with Crippen molar-refractivity contribution in [3.63, 3.8) is 0 Å². The molecule has 3 N–H and O–H groups in total. The first kappa shape index (κ1) is 45.7. The van der Waals surface area contributed by atoms with E-state index in [9.17, 15) is 9.90 Å². The molecule has 2 saturated heterocycles. The Morgan fingerprint density at radius 1 is 0.829 bits per heavy atom. The zero-order valence-corrected chi connectivity index (χ0v) is 38.5. The third kappa shape index (κ3) is 8.34. The number of ether oxygens (including phenoxy) is 3. The van der Waals surface area contributed by atoms with Crippen molar-refractivity contribution < 1.29 is 38.5 Å². The molecule has 10 rings (SSSR count). The molecule has 3 aliphatic rings. The molecule has 6 atom stereocenters. The lowest BCUT2D eigenvalue weighted by molar-refractivity contribution is -0.178. The molecule has 0 bridgehead atoms. The number of rotatable bonds is 12. The molecule has 6 aromatic carbocycles. The first-order valence-corrected chi connectivity index (χ1v) is 23.1. The molecule has 2 fully saturated rings. The van der Waals surface area contributed by atoms with Crippen molar-refractivity contribution in [2.45, 2.75) is 42.7 Å². The molecule has 14 heteroatoms. The fourth-order valence-electron chi connectivity index (χ4n) is 10.5. The molecule has 70 heavy (non-hydrogen) atoms. The highest BCUT2D eigenvalue weighted by molar-refractivity contribution is 6.23. The number of aromatic amines is 1. The highest BCUT2D eigenvalue weighted by atomic mass is 16.6. The zero-order chi connectivity index (χ0) is 48.4. The average Bonchev–Trinajstić information content (AvgIpc) is 4.03. The van der Waals surface area contributed by atoms with Gasteiger partial charge < -0.3 is 29.6 Å². The third-order valence-electron chi connectivity index (χ3n) is 13.4. The van der Waals surface area contributed by atoms with Gasteiger partial charge >= 0.3 is 12.1 Å². The van der Waals surface area contributed by atoms with Crippen molar-refractivity contribution in [1.82, 2.24) is 25.1 Å². The lowest BCUT2D eigenvalue weighted by atomic mass is 9.65. The number of hydrogen-bond acceptors (Lipinski definition) is 11. The van der Waals surface area contributed by atoms with Gasteiger partial charge in [-0.15, -0.1) is 0 Å². The van der Waals surface area contributed by atoms with Crippen molar-refractivity contribution >= 4 is 40.6 Å². The van der Waals surface area contributed by atoms with Crippen LogP contribution in [0.5, 0.6) is 5.75 Å². The first-order valence-electron chi connectivity index (χ1n) is 23.1. The van der Waals surface area contributed by atoms with Crippen LogP contribution in [0.25, 0.3) is 11.0 Å². The van der Waals surface area contributed by atoms with E-state index in [4.69, 9.17) is 19.2 Å². The molecule has 352 valence electrons. The van der Waals surface area contributed by atoms with E-state index >= 15 is 14.4 Å². The summed E-state index contributed by atoms with van der Waals surface area (Å²) in [7, 11) is 3.44. The van der Waals surface area contributed by atoms with Gasteiger partial charge in [0.05, 0.1) is 54.4 Å². The summed E-state index contributed by atoms with van der Waals surface area (Å²) in [6.45, 7) is 0.866. The summed E-state index contributed by atoms with van der Waals surface area (Å²) >= 11 is 0. The van der Waals surface area contributed by atoms with Crippen LogP contribution in [-0.2, 0) is 47.1 Å². The van der Waals surface area contributed by atoms with E-state index in [-0.39, 0.29) is 36.8 Å². The van der Waals surface area contributed by atoms with E-state index in [0.717, 1.165) is 21.5 Å². The normalized spacial score (nSPS) is 21.5. The Morgan fingerprint density at radius 2 is 1.51 bits per heavy atom.